The third kappa shape index (κ3) is 2.94. The number of amides is 1. The number of carbonyl (C=O) groups excluding carboxylic acids is 1. The fourth-order valence-corrected chi connectivity index (χ4v) is 4.19. The predicted molar refractivity (Wildman–Crippen MR) is 87.2 cm³/mol. The summed E-state index contributed by atoms with van der Waals surface area (Å²) in [6, 6.07) is 8.20. The van der Waals surface area contributed by atoms with Gasteiger partial charge in [0.1, 0.15) is 0 Å². The van der Waals surface area contributed by atoms with Crippen molar-refractivity contribution in [1.82, 2.24) is 15.0 Å². The maximum absolute atomic E-state index is 12.6. The second-order valence-electron chi connectivity index (χ2n) is 6.47. The molecule has 1 saturated heterocycles. The number of carbonyl (C=O) groups is 1. The summed E-state index contributed by atoms with van der Waals surface area (Å²) in [6.07, 6.45) is 1.60. The molecule has 1 aliphatic heterocycles. The molecule has 1 fully saturated rings. The molecule has 0 radical (unpaired) electrons. The number of rotatable bonds is 3. The lowest BCUT2D eigenvalue weighted by atomic mass is 9.82. The van der Waals surface area contributed by atoms with E-state index in [1.165, 1.54) is 6.07 Å². The van der Waals surface area contributed by atoms with Crippen molar-refractivity contribution in [3.05, 3.63) is 36.5 Å². The predicted octanol–water partition coefficient (Wildman–Crippen LogP) is 1.29. The molecule has 0 aliphatic carbocycles. The summed E-state index contributed by atoms with van der Waals surface area (Å²) in [4.78, 5) is 16.7. The Morgan fingerprint density at radius 1 is 1.30 bits per heavy atom. The van der Waals surface area contributed by atoms with E-state index in [0.29, 0.717) is 24.0 Å². The minimum atomic E-state index is -3.94. The molecule has 23 heavy (non-hydrogen) atoms. The van der Waals surface area contributed by atoms with Gasteiger partial charge in [-0.2, -0.15) is 0 Å². The monoisotopic (exact) mass is 333 g/mol. The third-order valence-electron chi connectivity index (χ3n) is 4.32. The molecule has 1 aromatic carbocycles. The first-order chi connectivity index (χ1) is 10.8. The maximum Gasteiger partial charge on any atom is 0.264 e. The number of pyridine rings is 1. The second kappa shape index (κ2) is 5.58. The molecule has 0 spiro atoms. The highest BCUT2D eigenvalue weighted by molar-refractivity contribution is 7.90. The van der Waals surface area contributed by atoms with E-state index in [4.69, 9.17) is 0 Å². The molecule has 2 heterocycles. The van der Waals surface area contributed by atoms with Crippen LogP contribution in [0, 0.1) is 11.3 Å². The fourth-order valence-electron chi connectivity index (χ4n) is 2.95. The van der Waals surface area contributed by atoms with Crippen LogP contribution in [0.15, 0.2) is 41.4 Å². The van der Waals surface area contributed by atoms with Crippen LogP contribution >= 0.6 is 0 Å². The van der Waals surface area contributed by atoms with E-state index in [1.54, 1.807) is 30.5 Å². The molecular weight excluding hydrogens is 314 g/mol. The lowest BCUT2D eigenvalue weighted by Crippen LogP contribution is -2.41. The van der Waals surface area contributed by atoms with Crippen LogP contribution in [0.25, 0.3) is 10.9 Å². The molecule has 0 unspecified atom stereocenters. The van der Waals surface area contributed by atoms with Gasteiger partial charge < -0.3 is 5.32 Å². The molecule has 1 aliphatic rings. The number of hydrogen-bond acceptors (Lipinski definition) is 5. The van der Waals surface area contributed by atoms with E-state index in [9.17, 15) is 13.2 Å². The van der Waals surface area contributed by atoms with Crippen molar-refractivity contribution in [2.75, 3.05) is 13.1 Å². The molecule has 0 saturated carbocycles. The van der Waals surface area contributed by atoms with Crippen molar-refractivity contribution in [1.29, 1.82) is 0 Å². The standard InChI is InChI=1S/C16H19N3O3S/c1-16(2)10-17-9-12(16)15(20)19-23(21,22)14-7-3-6-13-11(14)5-4-8-18-13/h3-8,12,17H,9-10H2,1-2H3,(H,19,20)/t12-/m1/s1. The Morgan fingerprint density at radius 3 is 2.78 bits per heavy atom. The summed E-state index contributed by atoms with van der Waals surface area (Å²) in [5, 5.41) is 3.63. The van der Waals surface area contributed by atoms with Crippen LogP contribution in [-0.4, -0.2) is 32.4 Å². The van der Waals surface area contributed by atoms with Crippen LogP contribution < -0.4 is 10.0 Å². The van der Waals surface area contributed by atoms with Crippen molar-refractivity contribution in [3.8, 4) is 0 Å². The minimum Gasteiger partial charge on any atom is -0.315 e. The first-order valence-corrected chi connectivity index (χ1v) is 8.91. The van der Waals surface area contributed by atoms with Crippen LogP contribution in [0.5, 0.6) is 0 Å². The largest absolute Gasteiger partial charge is 0.315 e. The number of nitrogens with zero attached hydrogens (tertiary/aromatic N) is 1. The molecule has 0 bridgehead atoms. The van der Waals surface area contributed by atoms with Crippen LogP contribution in [0.3, 0.4) is 0 Å². The number of nitrogens with one attached hydrogen (secondary N) is 2. The molecule has 3 rings (SSSR count). The molecule has 1 aromatic heterocycles. The number of aromatic nitrogens is 1. The first kappa shape index (κ1) is 15.9. The lowest BCUT2D eigenvalue weighted by molar-refractivity contribution is -0.125. The molecule has 2 aromatic rings. The molecule has 7 heteroatoms. The Balaban J connectivity index is 1.94. The third-order valence-corrected chi connectivity index (χ3v) is 5.72. The van der Waals surface area contributed by atoms with Crippen molar-refractivity contribution >= 4 is 26.8 Å². The number of hydrogen-bond donors (Lipinski definition) is 2. The molecule has 122 valence electrons. The van der Waals surface area contributed by atoms with Gasteiger partial charge in [0, 0.05) is 24.7 Å². The van der Waals surface area contributed by atoms with Crippen molar-refractivity contribution in [2.24, 2.45) is 11.3 Å². The second-order valence-corrected chi connectivity index (χ2v) is 8.12. The van der Waals surface area contributed by atoms with Crippen molar-refractivity contribution < 1.29 is 13.2 Å². The molecule has 6 nitrogen and oxygen atoms in total. The zero-order valence-corrected chi connectivity index (χ0v) is 13.9. The number of fused-ring (bicyclic) bond motifs is 1. The minimum absolute atomic E-state index is 0.0696. The maximum atomic E-state index is 12.6. The summed E-state index contributed by atoms with van der Waals surface area (Å²) < 4.78 is 27.5. The van der Waals surface area contributed by atoms with Gasteiger partial charge in [-0.1, -0.05) is 19.9 Å². The smallest absolute Gasteiger partial charge is 0.264 e. The van der Waals surface area contributed by atoms with Crippen LogP contribution in [0.4, 0.5) is 0 Å². The van der Waals surface area contributed by atoms with E-state index < -0.39 is 15.9 Å². The van der Waals surface area contributed by atoms with E-state index in [2.05, 4.69) is 15.0 Å². The van der Waals surface area contributed by atoms with E-state index in [1.807, 2.05) is 13.8 Å². The van der Waals surface area contributed by atoms with Gasteiger partial charge in [0.15, 0.2) is 0 Å². The summed E-state index contributed by atoms with van der Waals surface area (Å²) in [6.45, 7) is 5.06. The molecule has 2 N–H and O–H groups in total. The summed E-state index contributed by atoms with van der Waals surface area (Å²) in [7, 11) is -3.94. The Bertz CT molecular complexity index is 857. The van der Waals surface area contributed by atoms with Gasteiger partial charge in [0.05, 0.1) is 16.3 Å². The lowest BCUT2D eigenvalue weighted by Gasteiger charge is -2.24. The van der Waals surface area contributed by atoms with Crippen molar-refractivity contribution in [2.45, 2.75) is 18.7 Å². The van der Waals surface area contributed by atoms with Gasteiger partial charge in [-0.05, 0) is 29.7 Å². The van der Waals surface area contributed by atoms with E-state index in [0.717, 1.165) is 0 Å². The quantitative estimate of drug-likeness (QED) is 0.883. The normalized spacial score (nSPS) is 20.5. The van der Waals surface area contributed by atoms with E-state index in [-0.39, 0.29) is 16.2 Å². The summed E-state index contributed by atoms with van der Waals surface area (Å²) >= 11 is 0. The molecule has 1 atom stereocenters. The average molecular weight is 333 g/mol. The Morgan fingerprint density at radius 2 is 2.09 bits per heavy atom. The van der Waals surface area contributed by atoms with Crippen LogP contribution in [0.1, 0.15) is 13.8 Å². The van der Waals surface area contributed by atoms with Crippen LogP contribution in [-0.2, 0) is 14.8 Å². The van der Waals surface area contributed by atoms with Crippen LogP contribution in [0.2, 0.25) is 0 Å². The zero-order chi connectivity index (χ0) is 16.7. The highest BCUT2D eigenvalue weighted by Crippen LogP contribution is 2.31. The molecule has 1 amide bonds. The topological polar surface area (TPSA) is 88.2 Å². The van der Waals surface area contributed by atoms with Gasteiger partial charge in [0.25, 0.3) is 10.0 Å². The Hall–Kier alpha value is -1.99. The van der Waals surface area contributed by atoms with Gasteiger partial charge in [-0.15, -0.1) is 0 Å². The van der Waals surface area contributed by atoms with E-state index >= 15 is 0 Å². The van der Waals surface area contributed by atoms with Crippen molar-refractivity contribution in [3.63, 3.8) is 0 Å². The first-order valence-electron chi connectivity index (χ1n) is 7.42. The number of sulfonamides is 1. The highest BCUT2D eigenvalue weighted by atomic mass is 32.2. The molecular formula is C16H19N3O3S. The fraction of sp³-hybridized carbons (Fsp3) is 0.375. The SMILES string of the molecule is CC1(C)CNC[C@@H]1C(=O)NS(=O)(=O)c1cccc2ncccc12. The summed E-state index contributed by atoms with van der Waals surface area (Å²) in [5.74, 6) is -0.855. The number of benzene rings is 1. The van der Waals surface area contributed by atoms with Gasteiger partial charge >= 0.3 is 0 Å². The Kier molecular flexibility index (Phi) is 3.85. The zero-order valence-electron chi connectivity index (χ0n) is 13.0. The van der Waals surface area contributed by atoms with Gasteiger partial charge in [-0.25, -0.2) is 13.1 Å². The average Bonchev–Trinajstić information content (AvgIpc) is 2.85. The summed E-state index contributed by atoms with van der Waals surface area (Å²) in [5.41, 5.74) is 0.297. The Labute approximate surface area is 135 Å². The van der Waals surface area contributed by atoms with Gasteiger partial charge in [0.2, 0.25) is 5.91 Å². The highest BCUT2D eigenvalue weighted by Gasteiger charge is 2.40. The van der Waals surface area contributed by atoms with Gasteiger partial charge in [-0.3, -0.25) is 9.78 Å².